The van der Waals surface area contributed by atoms with E-state index in [0.717, 1.165) is 11.3 Å². The third-order valence-electron chi connectivity index (χ3n) is 3.97. The predicted octanol–water partition coefficient (Wildman–Crippen LogP) is -0.0682. The van der Waals surface area contributed by atoms with Crippen molar-refractivity contribution in [3.63, 3.8) is 0 Å². The molecular formula is C15H18N4O3. The summed E-state index contributed by atoms with van der Waals surface area (Å²) >= 11 is 0. The van der Waals surface area contributed by atoms with E-state index in [9.17, 15) is 14.4 Å². The maximum absolute atomic E-state index is 12.7. The number of rotatable bonds is 4. The Morgan fingerprint density at radius 2 is 2.09 bits per heavy atom. The molecule has 1 aromatic rings. The maximum atomic E-state index is 12.7. The Balaban J connectivity index is 1.96. The largest absolute Gasteiger partial charge is 0.383 e. The van der Waals surface area contributed by atoms with Gasteiger partial charge in [0.05, 0.1) is 11.1 Å². The summed E-state index contributed by atoms with van der Waals surface area (Å²) in [6.45, 7) is 1.50. The van der Waals surface area contributed by atoms with Gasteiger partial charge in [-0.25, -0.2) is 0 Å². The quantitative estimate of drug-likeness (QED) is 0.675. The first-order valence-corrected chi connectivity index (χ1v) is 7.37. The van der Waals surface area contributed by atoms with Crippen LogP contribution in [-0.4, -0.2) is 48.3 Å². The first-order valence-electron chi connectivity index (χ1n) is 7.37. The molecule has 1 unspecified atom stereocenters. The highest BCUT2D eigenvalue weighted by Gasteiger charge is 2.44. The minimum absolute atomic E-state index is 0.266. The van der Waals surface area contributed by atoms with Crippen molar-refractivity contribution < 1.29 is 14.4 Å². The molecule has 7 nitrogen and oxygen atoms in total. The minimum Gasteiger partial charge on any atom is -0.383 e. The van der Waals surface area contributed by atoms with Crippen LogP contribution in [0.2, 0.25) is 0 Å². The van der Waals surface area contributed by atoms with E-state index < -0.39 is 17.9 Å². The second kappa shape index (κ2) is 5.76. The molecule has 7 heteroatoms. The fraction of sp³-hybridized carbons (Fsp3) is 0.400. The molecule has 0 bridgehead atoms. The van der Waals surface area contributed by atoms with Gasteiger partial charge >= 0.3 is 0 Å². The van der Waals surface area contributed by atoms with Crippen LogP contribution < -0.4 is 16.4 Å². The Hall–Kier alpha value is -2.41. The maximum Gasteiger partial charge on any atom is 0.264 e. The Kier molecular flexibility index (Phi) is 3.81. The summed E-state index contributed by atoms with van der Waals surface area (Å²) in [5.74, 6) is -1.09. The highest BCUT2D eigenvalue weighted by molar-refractivity contribution is 6.25. The molecule has 116 valence electrons. The fourth-order valence-electron chi connectivity index (χ4n) is 2.94. The molecule has 0 aliphatic carbocycles. The number of nitrogens with two attached hydrogens (primary N) is 1. The van der Waals surface area contributed by atoms with E-state index in [1.165, 1.54) is 0 Å². The molecule has 1 aromatic carbocycles. The van der Waals surface area contributed by atoms with E-state index in [1.807, 2.05) is 0 Å². The van der Waals surface area contributed by atoms with Gasteiger partial charge in [-0.15, -0.1) is 0 Å². The number of carbonyl (C=O) groups excluding carboxylic acids is 3. The molecule has 2 aliphatic heterocycles. The first-order chi connectivity index (χ1) is 10.6. The predicted molar refractivity (Wildman–Crippen MR) is 80.5 cm³/mol. The van der Waals surface area contributed by atoms with Crippen molar-refractivity contribution in [2.75, 3.05) is 25.0 Å². The summed E-state index contributed by atoms with van der Waals surface area (Å²) < 4.78 is 0. The topological polar surface area (TPSA) is 105 Å². The summed E-state index contributed by atoms with van der Waals surface area (Å²) in [6.07, 6.45) is 1.25. The number of fused-ring (bicyclic) bond motifs is 1. The number of anilines is 1. The van der Waals surface area contributed by atoms with Gasteiger partial charge in [0.15, 0.2) is 0 Å². The lowest BCUT2D eigenvalue weighted by atomic mass is 10.1. The van der Waals surface area contributed by atoms with Crippen LogP contribution in [0.15, 0.2) is 18.2 Å². The van der Waals surface area contributed by atoms with Crippen molar-refractivity contribution in [2.24, 2.45) is 5.73 Å². The average molecular weight is 302 g/mol. The lowest BCUT2D eigenvalue weighted by molar-refractivity contribution is -0.126. The molecule has 1 atom stereocenters. The van der Waals surface area contributed by atoms with Gasteiger partial charge in [-0.3, -0.25) is 19.3 Å². The zero-order chi connectivity index (χ0) is 15.7. The first kappa shape index (κ1) is 14.5. The summed E-state index contributed by atoms with van der Waals surface area (Å²) in [5.41, 5.74) is 6.72. The van der Waals surface area contributed by atoms with Crippen LogP contribution in [0.25, 0.3) is 0 Å². The van der Waals surface area contributed by atoms with Crippen molar-refractivity contribution in [3.8, 4) is 0 Å². The van der Waals surface area contributed by atoms with Gasteiger partial charge in [-0.1, -0.05) is 6.07 Å². The molecule has 3 amide bonds. The van der Waals surface area contributed by atoms with E-state index in [4.69, 9.17) is 5.73 Å². The molecule has 0 spiro atoms. The van der Waals surface area contributed by atoms with Crippen molar-refractivity contribution >= 4 is 23.4 Å². The smallest absolute Gasteiger partial charge is 0.264 e. The van der Waals surface area contributed by atoms with E-state index >= 15 is 0 Å². The van der Waals surface area contributed by atoms with Crippen LogP contribution >= 0.6 is 0 Å². The minimum atomic E-state index is -0.719. The van der Waals surface area contributed by atoms with Gasteiger partial charge in [-0.2, -0.15) is 0 Å². The van der Waals surface area contributed by atoms with Crippen LogP contribution in [0, 0.1) is 0 Å². The molecule has 1 saturated heterocycles. The second-order valence-electron chi connectivity index (χ2n) is 5.37. The lowest BCUT2D eigenvalue weighted by Crippen LogP contribution is -2.52. The van der Waals surface area contributed by atoms with E-state index in [-0.39, 0.29) is 5.91 Å². The molecule has 1 fully saturated rings. The highest BCUT2D eigenvalue weighted by Crippen LogP contribution is 2.32. The molecule has 3 rings (SSSR count). The molecule has 2 heterocycles. The normalized spacial score (nSPS) is 20.9. The number of nitrogens with zero attached hydrogens (tertiary/aromatic N) is 1. The van der Waals surface area contributed by atoms with E-state index in [2.05, 4.69) is 10.6 Å². The Morgan fingerprint density at radius 3 is 2.82 bits per heavy atom. The number of nitrogens with one attached hydrogen (secondary N) is 2. The molecule has 0 aromatic heterocycles. The van der Waals surface area contributed by atoms with Crippen molar-refractivity contribution in [3.05, 3.63) is 29.3 Å². The summed E-state index contributed by atoms with van der Waals surface area (Å²) in [4.78, 5) is 38.3. The third-order valence-corrected chi connectivity index (χ3v) is 3.97. The number of amides is 3. The number of hydrogen-bond acceptors (Lipinski definition) is 5. The summed E-state index contributed by atoms with van der Waals surface area (Å²) in [7, 11) is 0. The monoisotopic (exact) mass is 302 g/mol. The van der Waals surface area contributed by atoms with Crippen molar-refractivity contribution in [1.82, 2.24) is 10.2 Å². The number of piperidine rings is 1. The Bertz CT molecular complexity index is 644. The summed E-state index contributed by atoms with van der Waals surface area (Å²) in [5, 5.41) is 5.76. The van der Waals surface area contributed by atoms with Gasteiger partial charge < -0.3 is 16.4 Å². The van der Waals surface area contributed by atoms with Gasteiger partial charge in [-0.05, 0) is 25.0 Å². The van der Waals surface area contributed by atoms with E-state index in [1.54, 1.807) is 18.2 Å². The summed E-state index contributed by atoms with van der Waals surface area (Å²) in [6, 6.07) is 4.35. The third kappa shape index (κ3) is 2.23. The second-order valence-corrected chi connectivity index (χ2v) is 5.37. The fourth-order valence-corrected chi connectivity index (χ4v) is 2.94. The standard InChI is InChI=1S/C15H18N4O3/c16-6-8-17-10-4-1-3-9-12(10)15(22)19(14(9)21)11-5-2-7-18-13(11)20/h1,3-4,11,17H,2,5-8,16H2,(H,18,20). The van der Waals surface area contributed by atoms with Crippen LogP contribution in [0.1, 0.15) is 33.6 Å². The molecular weight excluding hydrogens is 284 g/mol. The molecule has 2 aliphatic rings. The van der Waals surface area contributed by atoms with Crippen molar-refractivity contribution in [2.45, 2.75) is 18.9 Å². The number of benzene rings is 1. The number of hydrogen-bond donors (Lipinski definition) is 3. The number of imide groups is 1. The van der Waals surface area contributed by atoms with Gasteiger partial charge in [0, 0.05) is 25.3 Å². The zero-order valence-electron chi connectivity index (χ0n) is 12.1. The zero-order valence-corrected chi connectivity index (χ0v) is 12.1. The molecule has 0 radical (unpaired) electrons. The van der Waals surface area contributed by atoms with Gasteiger partial charge in [0.1, 0.15) is 6.04 Å². The van der Waals surface area contributed by atoms with E-state index in [0.29, 0.717) is 42.9 Å². The lowest BCUT2D eigenvalue weighted by Gasteiger charge is -2.28. The Morgan fingerprint density at radius 1 is 1.27 bits per heavy atom. The van der Waals surface area contributed by atoms with Crippen LogP contribution in [-0.2, 0) is 4.79 Å². The van der Waals surface area contributed by atoms with Gasteiger partial charge in [0.25, 0.3) is 11.8 Å². The van der Waals surface area contributed by atoms with Crippen molar-refractivity contribution in [1.29, 1.82) is 0 Å². The number of carbonyl (C=O) groups is 3. The van der Waals surface area contributed by atoms with Crippen LogP contribution in [0.4, 0.5) is 5.69 Å². The highest BCUT2D eigenvalue weighted by atomic mass is 16.2. The molecule has 0 saturated carbocycles. The van der Waals surface area contributed by atoms with Crippen LogP contribution in [0.5, 0.6) is 0 Å². The van der Waals surface area contributed by atoms with Crippen LogP contribution in [0.3, 0.4) is 0 Å². The molecule has 22 heavy (non-hydrogen) atoms. The Labute approximate surface area is 127 Å². The van der Waals surface area contributed by atoms with Gasteiger partial charge in [0.2, 0.25) is 5.91 Å². The molecule has 4 N–H and O–H groups in total. The SMILES string of the molecule is NCCNc1cccc2c1C(=O)N(C1CCCNC1=O)C2=O. The average Bonchev–Trinajstić information content (AvgIpc) is 2.78.